The molecule has 0 aliphatic heterocycles. The maximum absolute atomic E-state index is 12.0. The average Bonchev–Trinajstić information content (AvgIpc) is 3.06. The van der Waals surface area contributed by atoms with E-state index in [-0.39, 0.29) is 12.5 Å². The van der Waals surface area contributed by atoms with Crippen LogP contribution in [0, 0.1) is 6.92 Å². The number of hydrogen-bond donors (Lipinski definition) is 1. The fourth-order valence-electron chi connectivity index (χ4n) is 2.57. The molecule has 0 saturated heterocycles. The fourth-order valence-corrected chi connectivity index (χ4v) is 4.03. The summed E-state index contributed by atoms with van der Waals surface area (Å²) in [5.74, 6) is 0.822. The lowest BCUT2D eigenvalue weighted by atomic mass is 10.1. The third kappa shape index (κ3) is 6.65. The van der Waals surface area contributed by atoms with Crippen LogP contribution in [0.1, 0.15) is 23.8 Å². The smallest absolute Gasteiger partial charge is 0.277 e. The molecule has 3 rings (SSSR count). The second kappa shape index (κ2) is 10.7. The van der Waals surface area contributed by atoms with Crippen molar-refractivity contribution in [3.8, 4) is 5.75 Å². The standard InChI is InChI=1S/C22H20BrClN2O3S/c1-3-15-8-14(2)9-17(10-15)28-13-21(27)26-25-12-18-11-20(23)22(29-18)30-19-6-4-16(24)5-7-19/h4-12H,3,13H2,1-2H3,(H,26,27)/b25-12+. The predicted octanol–water partition coefficient (Wildman–Crippen LogP) is 6.25. The molecule has 0 fully saturated rings. The number of benzene rings is 2. The maximum Gasteiger partial charge on any atom is 0.277 e. The van der Waals surface area contributed by atoms with Crippen LogP contribution in [0.5, 0.6) is 5.75 Å². The van der Waals surface area contributed by atoms with Crippen LogP contribution >= 0.6 is 39.3 Å². The number of nitrogens with zero attached hydrogens (tertiary/aromatic N) is 1. The normalized spacial score (nSPS) is 11.1. The molecule has 156 valence electrons. The fraction of sp³-hybridized carbons (Fsp3) is 0.182. The second-order valence-electron chi connectivity index (χ2n) is 6.43. The van der Waals surface area contributed by atoms with Crippen LogP contribution in [0.3, 0.4) is 0 Å². The zero-order valence-corrected chi connectivity index (χ0v) is 19.6. The highest BCUT2D eigenvalue weighted by atomic mass is 79.9. The second-order valence-corrected chi connectivity index (χ2v) is 8.77. The van der Waals surface area contributed by atoms with Crippen molar-refractivity contribution in [2.24, 2.45) is 5.10 Å². The Hall–Kier alpha value is -2.22. The average molecular weight is 508 g/mol. The Kier molecular flexibility index (Phi) is 8.01. The summed E-state index contributed by atoms with van der Waals surface area (Å²) in [6, 6.07) is 15.2. The molecule has 0 aliphatic rings. The van der Waals surface area contributed by atoms with E-state index in [4.69, 9.17) is 20.8 Å². The summed E-state index contributed by atoms with van der Waals surface area (Å²) in [7, 11) is 0. The number of carbonyl (C=O) groups excluding carboxylic acids is 1. The molecule has 1 amide bonds. The molecule has 0 aliphatic carbocycles. The predicted molar refractivity (Wildman–Crippen MR) is 124 cm³/mol. The lowest BCUT2D eigenvalue weighted by Crippen LogP contribution is -2.24. The number of hydrogen-bond acceptors (Lipinski definition) is 5. The highest BCUT2D eigenvalue weighted by Crippen LogP contribution is 2.35. The first-order valence-electron chi connectivity index (χ1n) is 9.21. The Bertz CT molecular complexity index is 1050. The van der Waals surface area contributed by atoms with Crippen molar-refractivity contribution >= 4 is 51.4 Å². The number of furan rings is 1. The first-order chi connectivity index (χ1) is 14.4. The van der Waals surface area contributed by atoms with Gasteiger partial charge in [0.2, 0.25) is 0 Å². The minimum Gasteiger partial charge on any atom is -0.484 e. The van der Waals surface area contributed by atoms with E-state index in [1.165, 1.54) is 23.5 Å². The van der Waals surface area contributed by atoms with Crippen LogP contribution in [0.2, 0.25) is 5.02 Å². The third-order valence-electron chi connectivity index (χ3n) is 3.97. The van der Waals surface area contributed by atoms with Crippen LogP contribution in [0.25, 0.3) is 0 Å². The van der Waals surface area contributed by atoms with Crippen molar-refractivity contribution in [2.45, 2.75) is 30.3 Å². The third-order valence-corrected chi connectivity index (χ3v) is 6.07. The first kappa shape index (κ1) is 22.5. The van der Waals surface area contributed by atoms with E-state index >= 15 is 0 Å². The van der Waals surface area contributed by atoms with Crippen LogP contribution in [0.4, 0.5) is 0 Å². The van der Waals surface area contributed by atoms with E-state index in [1.807, 2.05) is 43.3 Å². The van der Waals surface area contributed by atoms with Gasteiger partial charge in [-0.3, -0.25) is 4.79 Å². The van der Waals surface area contributed by atoms with Gasteiger partial charge in [0.15, 0.2) is 11.7 Å². The molecule has 1 aromatic heterocycles. The SMILES string of the molecule is CCc1cc(C)cc(OCC(=O)N/N=C/c2cc(Br)c(Sc3ccc(Cl)cc3)o2)c1. The van der Waals surface area contributed by atoms with Crippen molar-refractivity contribution < 1.29 is 13.9 Å². The molecular formula is C22H20BrClN2O3S. The maximum atomic E-state index is 12.0. The number of nitrogens with one attached hydrogen (secondary N) is 1. The Morgan fingerprint density at radius 2 is 2.03 bits per heavy atom. The molecule has 8 heteroatoms. The molecule has 0 radical (unpaired) electrons. The highest BCUT2D eigenvalue weighted by molar-refractivity contribution is 9.10. The van der Waals surface area contributed by atoms with E-state index < -0.39 is 0 Å². The largest absolute Gasteiger partial charge is 0.484 e. The summed E-state index contributed by atoms with van der Waals surface area (Å²) in [6.45, 7) is 3.95. The zero-order chi connectivity index (χ0) is 21.5. The lowest BCUT2D eigenvalue weighted by molar-refractivity contribution is -0.123. The van der Waals surface area contributed by atoms with Gasteiger partial charge in [-0.2, -0.15) is 5.10 Å². The molecule has 0 unspecified atom stereocenters. The topological polar surface area (TPSA) is 63.8 Å². The van der Waals surface area contributed by atoms with E-state index in [0.29, 0.717) is 21.6 Å². The number of amides is 1. The van der Waals surface area contributed by atoms with Gasteiger partial charge >= 0.3 is 0 Å². The Labute approximate surface area is 193 Å². The number of rotatable bonds is 8. The van der Waals surface area contributed by atoms with E-state index in [1.54, 1.807) is 6.07 Å². The number of aryl methyl sites for hydroxylation is 2. The molecular weight excluding hydrogens is 488 g/mol. The van der Waals surface area contributed by atoms with Crippen LogP contribution in [0.15, 0.2) is 72.5 Å². The molecule has 2 aromatic carbocycles. The molecule has 30 heavy (non-hydrogen) atoms. The first-order valence-corrected chi connectivity index (χ1v) is 11.2. The quantitative estimate of drug-likeness (QED) is 0.289. The number of halogens is 2. The minimum absolute atomic E-state index is 0.122. The molecule has 0 spiro atoms. The van der Waals surface area contributed by atoms with Gasteiger partial charge in [-0.05, 0) is 76.8 Å². The van der Waals surface area contributed by atoms with Crippen molar-refractivity contribution in [2.75, 3.05) is 6.61 Å². The highest BCUT2D eigenvalue weighted by Gasteiger charge is 2.10. The summed E-state index contributed by atoms with van der Waals surface area (Å²) in [6.07, 6.45) is 2.35. The van der Waals surface area contributed by atoms with Gasteiger partial charge in [0, 0.05) is 16.0 Å². The van der Waals surface area contributed by atoms with Crippen molar-refractivity contribution in [3.63, 3.8) is 0 Å². The Morgan fingerprint density at radius 3 is 2.77 bits per heavy atom. The van der Waals surface area contributed by atoms with Gasteiger partial charge in [0.1, 0.15) is 11.5 Å². The zero-order valence-electron chi connectivity index (χ0n) is 16.4. The Morgan fingerprint density at radius 1 is 1.27 bits per heavy atom. The molecule has 1 N–H and O–H groups in total. The Balaban J connectivity index is 1.52. The molecule has 0 atom stereocenters. The van der Waals surface area contributed by atoms with Gasteiger partial charge in [-0.25, -0.2) is 5.43 Å². The lowest BCUT2D eigenvalue weighted by Gasteiger charge is -2.08. The summed E-state index contributed by atoms with van der Waals surface area (Å²) in [5, 5.41) is 5.29. The summed E-state index contributed by atoms with van der Waals surface area (Å²) in [4.78, 5) is 13.0. The molecule has 5 nitrogen and oxygen atoms in total. The van der Waals surface area contributed by atoms with Gasteiger partial charge < -0.3 is 9.15 Å². The van der Waals surface area contributed by atoms with E-state index in [2.05, 4.69) is 39.4 Å². The van der Waals surface area contributed by atoms with E-state index in [9.17, 15) is 4.79 Å². The van der Waals surface area contributed by atoms with Crippen molar-refractivity contribution in [1.82, 2.24) is 5.43 Å². The molecule has 1 heterocycles. The summed E-state index contributed by atoms with van der Waals surface area (Å²) >= 11 is 10.8. The monoisotopic (exact) mass is 506 g/mol. The van der Waals surface area contributed by atoms with Crippen LogP contribution in [-0.4, -0.2) is 18.7 Å². The minimum atomic E-state index is -0.354. The van der Waals surface area contributed by atoms with Gasteiger partial charge in [0.25, 0.3) is 5.91 Å². The number of hydrazone groups is 1. The van der Waals surface area contributed by atoms with Gasteiger partial charge in [-0.1, -0.05) is 36.4 Å². The van der Waals surface area contributed by atoms with Crippen LogP contribution < -0.4 is 10.2 Å². The number of ether oxygens (including phenoxy) is 1. The molecule has 3 aromatic rings. The molecule has 0 saturated carbocycles. The number of carbonyl (C=O) groups is 1. The van der Waals surface area contributed by atoms with Crippen LogP contribution in [-0.2, 0) is 11.2 Å². The molecule has 0 bridgehead atoms. The summed E-state index contributed by atoms with van der Waals surface area (Å²) < 4.78 is 12.1. The van der Waals surface area contributed by atoms with Gasteiger partial charge in [0.05, 0.1) is 10.7 Å². The van der Waals surface area contributed by atoms with Crippen molar-refractivity contribution in [3.05, 3.63) is 74.9 Å². The van der Waals surface area contributed by atoms with E-state index in [0.717, 1.165) is 21.4 Å². The van der Waals surface area contributed by atoms with Gasteiger partial charge in [-0.15, -0.1) is 0 Å². The summed E-state index contributed by atoms with van der Waals surface area (Å²) in [5.41, 5.74) is 4.70. The van der Waals surface area contributed by atoms with Crippen molar-refractivity contribution in [1.29, 1.82) is 0 Å².